The van der Waals surface area contributed by atoms with Gasteiger partial charge in [0.15, 0.2) is 0 Å². The second-order valence-electron chi connectivity index (χ2n) is 18.5. The van der Waals surface area contributed by atoms with E-state index in [1.165, 1.54) is 30.3 Å². The Kier molecular flexibility index (Phi) is 18.6. The van der Waals surface area contributed by atoms with Crippen molar-refractivity contribution in [2.45, 2.75) is 126 Å². The minimum atomic E-state index is -0.847. The summed E-state index contributed by atoms with van der Waals surface area (Å²) in [6.45, 7) is 24.5. The second-order valence-corrected chi connectivity index (χ2v) is 18.9. The maximum Gasteiger partial charge on any atom is 0.414 e. The number of nitrogens with zero attached hydrogens (tertiary/aromatic N) is 2. The molecular weight excluding hydrogens is 820 g/mol. The van der Waals surface area contributed by atoms with Gasteiger partial charge in [-0.2, -0.15) is 9.59 Å². The summed E-state index contributed by atoms with van der Waals surface area (Å²) in [7, 11) is 0. The fourth-order valence-corrected chi connectivity index (χ4v) is 5.84. The topological polar surface area (TPSA) is 196 Å². The molecule has 0 radical (unpaired) electrons. The first-order valence-electron chi connectivity index (χ1n) is 19.8. The Bertz CT molecular complexity index is 2090. The number of aliphatic imine (C=N–C) groups is 1. The molecule has 0 aromatic heterocycles. The third kappa shape index (κ3) is 20.0. The Morgan fingerprint density at radius 2 is 1.24 bits per heavy atom. The van der Waals surface area contributed by atoms with E-state index in [4.69, 9.17) is 40.1 Å². The average Bonchev–Trinajstić information content (AvgIpc) is 3.09. The summed E-state index contributed by atoms with van der Waals surface area (Å²) >= 11 is 6.71. The number of ether oxygens (including phenoxy) is 4. The zero-order chi connectivity index (χ0) is 47.2. The molecule has 3 aromatic carbocycles. The smallest absolute Gasteiger partial charge is 0.414 e. The van der Waals surface area contributed by atoms with Crippen molar-refractivity contribution in [1.82, 2.24) is 15.5 Å². The number of benzene rings is 3. The van der Waals surface area contributed by atoms with Gasteiger partial charge in [-0.25, -0.2) is 24.2 Å². The summed E-state index contributed by atoms with van der Waals surface area (Å²) in [5, 5.41) is 5.15. The number of alkyl carbamates (subject to hydrolysis) is 2. The van der Waals surface area contributed by atoms with Crippen LogP contribution in [0.3, 0.4) is 0 Å². The summed E-state index contributed by atoms with van der Waals surface area (Å²) in [5.74, 6) is -1.49. The summed E-state index contributed by atoms with van der Waals surface area (Å²) in [5.41, 5.74) is -0.0268. The SMILES string of the molecule is CC(CC(=O)N(Cc1cccc(C(=O)OC(C)(C)C)c1)CC(C)(C)C)c1ccc(OC(=O)c2ccc(N=C(NC(=O)OC(C)(C)C)NC(=O)OC(C)(C)C)cc2)cc1Cl.O=C=O. The molecule has 336 valence electrons. The van der Waals surface area contributed by atoms with Crippen molar-refractivity contribution in [1.29, 1.82) is 0 Å². The van der Waals surface area contributed by atoms with E-state index in [2.05, 4.69) is 36.4 Å². The molecule has 15 nitrogen and oxygen atoms in total. The predicted molar refractivity (Wildman–Crippen MR) is 233 cm³/mol. The molecule has 3 rings (SSSR count). The van der Waals surface area contributed by atoms with Crippen LogP contribution in [0.1, 0.15) is 134 Å². The largest absolute Gasteiger partial charge is 0.456 e. The molecule has 0 spiro atoms. The van der Waals surface area contributed by atoms with Gasteiger partial charge >= 0.3 is 30.3 Å². The number of carbonyl (C=O) groups excluding carboxylic acids is 7. The van der Waals surface area contributed by atoms with E-state index in [0.717, 1.165) is 5.56 Å². The van der Waals surface area contributed by atoms with Crippen LogP contribution in [-0.4, -0.2) is 70.4 Å². The fourth-order valence-electron chi connectivity index (χ4n) is 5.49. The number of hydrogen-bond donors (Lipinski definition) is 2. The first-order chi connectivity index (χ1) is 28.5. The number of esters is 2. The summed E-state index contributed by atoms with van der Waals surface area (Å²) in [6.07, 6.45) is -1.28. The molecule has 1 unspecified atom stereocenters. The number of rotatable bonds is 10. The number of amides is 3. The van der Waals surface area contributed by atoms with E-state index in [1.807, 2.05) is 33.8 Å². The van der Waals surface area contributed by atoms with Gasteiger partial charge in [0.2, 0.25) is 11.9 Å². The molecule has 0 bridgehead atoms. The summed E-state index contributed by atoms with van der Waals surface area (Å²) < 4.78 is 21.7. The molecule has 0 aliphatic carbocycles. The quantitative estimate of drug-likeness (QED) is 0.0647. The lowest BCUT2D eigenvalue weighted by molar-refractivity contribution is -0.191. The lowest BCUT2D eigenvalue weighted by Gasteiger charge is -2.31. The molecule has 3 amide bonds. The van der Waals surface area contributed by atoms with Gasteiger partial charge in [-0.3, -0.25) is 15.4 Å². The fraction of sp³-hybridized carbons (Fsp3) is 0.457. The highest BCUT2D eigenvalue weighted by Gasteiger charge is 2.26. The van der Waals surface area contributed by atoms with E-state index in [-0.39, 0.29) is 52.8 Å². The van der Waals surface area contributed by atoms with Crippen LogP contribution < -0.4 is 15.4 Å². The van der Waals surface area contributed by atoms with Gasteiger partial charge in [0.1, 0.15) is 22.6 Å². The molecule has 0 aliphatic heterocycles. The molecule has 62 heavy (non-hydrogen) atoms. The van der Waals surface area contributed by atoms with Gasteiger partial charge in [-0.15, -0.1) is 0 Å². The molecule has 0 saturated heterocycles. The molecule has 1 atom stereocenters. The van der Waals surface area contributed by atoms with Crippen molar-refractivity contribution < 1.29 is 52.5 Å². The van der Waals surface area contributed by atoms with Gasteiger partial charge in [0, 0.05) is 24.5 Å². The number of halogens is 1. The maximum atomic E-state index is 13.8. The van der Waals surface area contributed by atoms with Crippen LogP contribution in [0.2, 0.25) is 5.02 Å². The lowest BCUT2D eigenvalue weighted by atomic mass is 9.93. The van der Waals surface area contributed by atoms with Gasteiger partial charge in [-0.1, -0.05) is 57.5 Å². The van der Waals surface area contributed by atoms with E-state index in [1.54, 1.807) is 76.8 Å². The maximum absolute atomic E-state index is 13.8. The predicted octanol–water partition coefficient (Wildman–Crippen LogP) is 9.54. The first-order valence-corrected chi connectivity index (χ1v) is 20.1. The lowest BCUT2D eigenvalue weighted by Crippen LogP contribution is -2.47. The van der Waals surface area contributed by atoms with Crippen molar-refractivity contribution in [3.63, 3.8) is 0 Å². The molecule has 0 fully saturated rings. The van der Waals surface area contributed by atoms with E-state index in [9.17, 15) is 24.0 Å². The minimum absolute atomic E-state index is 0.0807. The van der Waals surface area contributed by atoms with Crippen molar-refractivity contribution in [2.75, 3.05) is 6.54 Å². The number of nitrogens with one attached hydrogen (secondary N) is 2. The average molecular weight is 879 g/mol. The highest BCUT2D eigenvalue weighted by molar-refractivity contribution is 6.31. The molecule has 0 aliphatic rings. The molecule has 2 N–H and O–H groups in total. The number of carbonyl (C=O) groups is 5. The van der Waals surface area contributed by atoms with E-state index < -0.39 is 40.9 Å². The first kappa shape index (κ1) is 52.1. The summed E-state index contributed by atoms with van der Waals surface area (Å²) in [6, 6.07) is 17.9. The summed E-state index contributed by atoms with van der Waals surface area (Å²) in [4.78, 5) is 86.9. The van der Waals surface area contributed by atoms with Gasteiger partial charge < -0.3 is 23.8 Å². The van der Waals surface area contributed by atoms with E-state index in [0.29, 0.717) is 29.2 Å². The van der Waals surface area contributed by atoms with E-state index >= 15 is 0 Å². The van der Waals surface area contributed by atoms with Gasteiger partial charge in [0.05, 0.1) is 16.8 Å². The molecule has 0 heterocycles. The van der Waals surface area contributed by atoms with Crippen LogP contribution in [0.5, 0.6) is 5.75 Å². The number of guanidine groups is 1. The normalized spacial score (nSPS) is 11.9. The Morgan fingerprint density at radius 3 is 1.73 bits per heavy atom. The Balaban J connectivity index is 0.00000428. The van der Waals surface area contributed by atoms with Crippen LogP contribution in [-0.2, 0) is 35.1 Å². The molecule has 0 saturated carbocycles. The molecule has 16 heteroatoms. The van der Waals surface area contributed by atoms with Crippen molar-refractivity contribution in [3.8, 4) is 5.75 Å². The highest BCUT2D eigenvalue weighted by Crippen LogP contribution is 2.32. The third-order valence-electron chi connectivity index (χ3n) is 7.73. The molecule has 3 aromatic rings. The van der Waals surface area contributed by atoms with Gasteiger partial charge in [0.25, 0.3) is 0 Å². The standard InChI is InChI=1S/C45H59ClN4O9.CO2/c1-28(23-36(51)50(27-42(2,3)4)26-29-15-14-16-31(24-29)38(53)57-43(5,6)7)34-22-21-33(25-35(34)46)56-37(52)30-17-19-32(20-18-30)47-39(48-40(54)58-44(8,9)10)49-41(55)59-45(11,12)13;2-1-3/h14-22,24-25,28H,23,26-27H2,1-13H3,(H2,47,48,49,54,55);. The van der Waals surface area contributed by atoms with Crippen molar-refractivity contribution in [2.24, 2.45) is 10.4 Å². The van der Waals surface area contributed by atoms with Crippen LogP contribution in [0.25, 0.3) is 0 Å². The monoisotopic (exact) mass is 878 g/mol. The zero-order valence-corrected chi connectivity index (χ0v) is 38.6. The number of hydrogen-bond acceptors (Lipinski definition) is 12. The minimum Gasteiger partial charge on any atom is -0.456 e. The van der Waals surface area contributed by atoms with Crippen LogP contribution in [0, 0.1) is 5.41 Å². The van der Waals surface area contributed by atoms with Crippen LogP contribution in [0.4, 0.5) is 15.3 Å². The second kappa shape index (κ2) is 22.2. The Hall–Kier alpha value is -6.05. The third-order valence-corrected chi connectivity index (χ3v) is 8.06. The zero-order valence-electron chi connectivity index (χ0n) is 37.8. The Labute approximate surface area is 368 Å². The van der Waals surface area contributed by atoms with Crippen LogP contribution in [0.15, 0.2) is 71.7 Å². The van der Waals surface area contributed by atoms with Crippen molar-refractivity contribution in [3.05, 3.63) is 94.0 Å². The molecular formula is C46H59ClN4O11. The Morgan fingerprint density at radius 1 is 0.710 bits per heavy atom. The highest BCUT2D eigenvalue weighted by atomic mass is 35.5. The van der Waals surface area contributed by atoms with Crippen LogP contribution >= 0.6 is 11.6 Å². The van der Waals surface area contributed by atoms with Gasteiger partial charge in [-0.05, 0) is 133 Å². The van der Waals surface area contributed by atoms with Crippen molar-refractivity contribution >= 4 is 59.4 Å².